The lowest BCUT2D eigenvalue weighted by atomic mass is 10.1. The van der Waals surface area contributed by atoms with Gasteiger partial charge in [0.2, 0.25) is 5.91 Å². The van der Waals surface area contributed by atoms with Crippen molar-refractivity contribution < 1.29 is 14.7 Å². The molecule has 1 N–H and O–H groups in total. The van der Waals surface area contributed by atoms with Gasteiger partial charge in [-0.2, -0.15) is 10.2 Å². The standard InChI is InChI=1S/C13H17ClN4O3/c1-3-8-12(14)10(17(4-2)15-8)7-18-11(19)6-5-9(16-18)13(20)21/h3-7H2,1-2H3,(H,20,21). The molecular weight excluding hydrogens is 296 g/mol. The molecule has 114 valence electrons. The van der Waals surface area contributed by atoms with E-state index in [1.165, 1.54) is 5.01 Å². The Morgan fingerprint density at radius 1 is 1.38 bits per heavy atom. The topological polar surface area (TPSA) is 87.8 Å². The van der Waals surface area contributed by atoms with Gasteiger partial charge in [0.1, 0.15) is 5.71 Å². The summed E-state index contributed by atoms with van der Waals surface area (Å²) in [6, 6.07) is 0. The summed E-state index contributed by atoms with van der Waals surface area (Å²) in [5, 5.41) is 19.0. The van der Waals surface area contributed by atoms with Crippen LogP contribution in [0.5, 0.6) is 0 Å². The smallest absolute Gasteiger partial charge is 0.352 e. The molecule has 0 aliphatic carbocycles. The second-order valence-electron chi connectivity index (χ2n) is 4.68. The minimum absolute atomic E-state index is 0.0102. The van der Waals surface area contributed by atoms with E-state index in [1.54, 1.807) is 4.68 Å². The summed E-state index contributed by atoms with van der Waals surface area (Å²) >= 11 is 6.29. The lowest BCUT2D eigenvalue weighted by molar-refractivity contribution is -0.133. The third-order valence-corrected chi connectivity index (χ3v) is 3.78. The molecule has 1 aromatic heterocycles. The first-order valence-corrected chi connectivity index (χ1v) is 7.20. The minimum atomic E-state index is -1.10. The molecule has 0 unspecified atom stereocenters. The van der Waals surface area contributed by atoms with Crippen molar-refractivity contribution in [3.63, 3.8) is 0 Å². The molecule has 0 atom stereocenters. The van der Waals surface area contributed by atoms with Crippen molar-refractivity contribution in [2.75, 3.05) is 0 Å². The van der Waals surface area contributed by atoms with Gasteiger partial charge in [0.15, 0.2) is 0 Å². The van der Waals surface area contributed by atoms with E-state index in [4.69, 9.17) is 16.7 Å². The van der Waals surface area contributed by atoms with E-state index in [-0.39, 0.29) is 31.0 Å². The highest BCUT2D eigenvalue weighted by molar-refractivity contribution is 6.36. The van der Waals surface area contributed by atoms with Gasteiger partial charge in [0.05, 0.1) is 23.0 Å². The SMILES string of the molecule is CCc1nn(CC)c(CN2N=C(C(=O)O)CCC2=O)c1Cl. The first-order chi connectivity index (χ1) is 9.97. The highest BCUT2D eigenvalue weighted by Crippen LogP contribution is 2.24. The van der Waals surface area contributed by atoms with E-state index in [1.807, 2.05) is 13.8 Å². The molecule has 0 spiro atoms. The number of aliphatic carboxylic acids is 1. The van der Waals surface area contributed by atoms with Crippen molar-refractivity contribution >= 4 is 29.2 Å². The first kappa shape index (κ1) is 15.5. The summed E-state index contributed by atoms with van der Waals surface area (Å²) in [7, 11) is 0. The monoisotopic (exact) mass is 312 g/mol. The van der Waals surface area contributed by atoms with Crippen LogP contribution in [0.15, 0.2) is 5.10 Å². The zero-order valence-corrected chi connectivity index (χ0v) is 12.7. The number of aromatic nitrogens is 2. The van der Waals surface area contributed by atoms with Gasteiger partial charge < -0.3 is 5.11 Å². The second kappa shape index (κ2) is 6.26. The molecule has 0 saturated heterocycles. The molecular formula is C13H17ClN4O3. The Morgan fingerprint density at radius 2 is 2.10 bits per heavy atom. The second-order valence-corrected chi connectivity index (χ2v) is 5.06. The number of carbonyl (C=O) groups excluding carboxylic acids is 1. The van der Waals surface area contributed by atoms with Crippen LogP contribution in [0.2, 0.25) is 5.02 Å². The normalized spacial score (nSPS) is 15.3. The van der Waals surface area contributed by atoms with Crippen molar-refractivity contribution in [1.29, 1.82) is 0 Å². The molecule has 2 rings (SSSR count). The summed E-state index contributed by atoms with van der Waals surface area (Å²) in [5.41, 5.74) is 1.43. The van der Waals surface area contributed by atoms with Crippen molar-refractivity contribution in [3.05, 3.63) is 16.4 Å². The molecule has 1 amide bonds. The van der Waals surface area contributed by atoms with E-state index >= 15 is 0 Å². The molecule has 2 heterocycles. The molecule has 21 heavy (non-hydrogen) atoms. The third-order valence-electron chi connectivity index (χ3n) is 3.35. The van der Waals surface area contributed by atoms with Gasteiger partial charge in [0.25, 0.3) is 0 Å². The van der Waals surface area contributed by atoms with Gasteiger partial charge in [-0.15, -0.1) is 0 Å². The van der Waals surface area contributed by atoms with Crippen molar-refractivity contribution in [1.82, 2.24) is 14.8 Å². The van der Waals surface area contributed by atoms with E-state index in [0.29, 0.717) is 23.7 Å². The maximum atomic E-state index is 11.9. The number of carboxylic acids is 1. The van der Waals surface area contributed by atoms with Crippen LogP contribution in [0.4, 0.5) is 0 Å². The summed E-state index contributed by atoms with van der Waals surface area (Å²) < 4.78 is 1.72. The van der Waals surface area contributed by atoms with Crippen molar-refractivity contribution in [3.8, 4) is 0 Å². The Kier molecular flexibility index (Phi) is 4.62. The zero-order valence-electron chi connectivity index (χ0n) is 12.0. The number of carboxylic acid groups (broad SMARTS) is 1. The van der Waals surface area contributed by atoms with Crippen LogP contribution in [0.1, 0.15) is 38.1 Å². The first-order valence-electron chi connectivity index (χ1n) is 6.83. The van der Waals surface area contributed by atoms with E-state index < -0.39 is 5.97 Å². The molecule has 1 aliphatic heterocycles. The van der Waals surface area contributed by atoms with Crippen LogP contribution >= 0.6 is 11.6 Å². The maximum absolute atomic E-state index is 11.9. The Hall–Kier alpha value is -1.89. The van der Waals surface area contributed by atoms with Gasteiger partial charge in [-0.25, -0.2) is 9.80 Å². The Balaban J connectivity index is 2.32. The number of hydrogen-bond donors (Lipinski definition) is 1. The van der Waals surface area contributed by atoms with E-state index in [2.05, 4.69) is 10.2 Å². The van der Waals surface area contributed by atoms with Gasteiger partial charge in [-0.3, -0.25) is 9.48 Å². The van der Waals surface area contributed by atoms with E-state index in [0.717, 1.165) is 5.69 Å². The van der Waals surface area contributed by atoms with Crippen LogP contribution in [0.25, 0.3) is 0 Å². The lowest BCUT2D eigenvalue weighted by Crippen LogP contribution is -2.34. The molecule has 0 saturated carbocycles. The molecule has 7 nitrogen and oxygen atoms in total. The van der Waals surface area contributed by atoms with Crippen molar-refractivity contribution in [2.45, 2.75) is 46.2 Å². The highest BCUT2D eigenvalue weighted by atomic mass is 35.5. The number of amides is 1. The van der Waals surface area contributed by atoms with Crippen LogP contribution < -0.4 is 0 Å². The van der Waals surface area contributed by atoms with Crippen LogP contribution in [0.3, 0.4) is 0 Å². The number of hydrogen-bond acceptors (Lipinski definition) is 4. The molecule has 8 heteroatoms. The number of aryl methyl sites for hydroxylation is 2. The van der Waals surface area contributed by atoms with Crippen molar-refractivity contribution in [2.24, 2.45) is 5.10 Å². The third kappa shape index (κ3) is 3.07. The number of halogens is 1. The molecule has 1 aromatic rings. The summed E-state index contributed by atoms with van der Waals surface area (Å²) in [5.74, 6) is -1.31. The zero-order chi connectivity index (χ0) is 15.6. The number of carbonyl (C=O) groups is 2. The molecule has 0 fully saturated rings. The van der Waals surface area contributed by atoms with Gasteiger partial charge in [0, 0.05) is 19.4 Å². The number of nitrogens with zero attached hydrogens (tertiary/aromatic N) is 4. The maximum Gasteiger partial charge on any atom is 0.352 e. The fraction of sp³-hybridized carbons (Fsp3) is 0.538. The van der Waals surface area contributed by atoms with Crippen LogP contribution in [-0.4, -0.2) is 37.5 Å². The minimum Gasteiger partial charge on any atom is -0.477 e. The number of rotatable bonds is 5. The van der Waals surface area contributed by atoms with E-state index in [9.17, 15) is 9.59 Å². The highest BCUT2D eigenvalue weighted by Gasteiger charge is 2.26. The lowest BCUT2D eigenvalue weighted by Gasteiger charge is -2.22. The van der Waals surface area contributed by atoms with Gasteiger partial charge in [-0.05, 0) is 13.3 Å². The Bertz CT molecular complexity index is 609. The Morgan fingerprint density at radius 3 is 2.67 bits per heavy atom. The average Bonchev–Trinajstić information content (AvgIpc) is 2.77. The Labute approximate surface area is 127 Å². The quantitative estimate of drug-likeness (QED) is 0.896. The summed E-state index contributed by atoms with van der Waals surface area (Å²) in [4.78, 5) is 22.9. The van der Waals surface area contributed by atoms with Crippen LogP contribution in [-0.2, 0) is 29.1 Å². The van der Waals surface area contributed by atoms with Gasteiger partial charge >= 0.3 is 5.97 Å². The molecule has 0 radical (unpaired) electrons. The molecule has 1 aliphatic rings. The fourth-order valence-corrected chi connectivity index (χ4v) is 2.52. The fourth-order valence-electron chi connectivity index (χ4n) is 2.19. The average molecular weight is 313 g/mol. The summed E-state index contributed by atoms with van der Waals surface area (Å²) in [6.07, 6.45) is 0.992. The van der Waals surface area contributed by atoms with Gasteiger partial charge in [-0.1, -0.05) is 18.5 Å². The molecule has 0 aromatic carbocycles. The predicted molar refractivity (Wildman–Crippen MR) is 77.1 cm³/mol. The summed E-state index contributed by atoms with van der Waals surface area (Å²) in [6.45, 7) is 4.63. The molecule has 0 bridgehead atoms. The number of hydrazone groups is 1. The van der Waals surface area contributed by atoms with Crippen LogP contribution in [0, 0.1) is 0 Å². The predicted octanol–water partition coefficient (Wildman–Crippen LogP) is 1.68. The largest absolute Gasteiger partial charge is 0.477 e.